The summed E-state index contributed by atoms with van der Waals surface area (Å²) in [5.41, 5.74) is 0.634. The van der Waals surface area contributed by atoms with E-state index in [-0.39, 0.29) is 5.56 Å². The Labute approximate surface area is 170 Å². The second-order valence-electron chi connectivity index (χ2n) is 9.06. The summed E-state index contributed by atoms with van der Waals surface area (Å²) < 4.78 is 28.1. The first-order valence-corrected chi connectivity index (χ1v) is 11.6. The maximum absolute atomic E-state index is 14.1. The fourth-order valence-corrected chi connectivity index (χ4v) is 5.31. The Morgan fingerprint density at radius 3 is 2.11 bits per heavy atom. The maximum atomic E-state index is 14.1. The van der Waals surface area contributed by atoms with Crippen molar-refractivity contribution in [1.82, 2.24) is 0 Å². The van der Waals surface area contributed by atoms with Gasteiger partial charge in [-0.05, 0) is 74.3 Å². The predicted molar refractivity (Wildman–Crippen MR) is 113 cm³/mol. The summed E-state index contributed by atoms with van der Waals surface area (Å²) in [6.45, 7) is 4.12. The summed E-state index contributed by atoms with van der Waals surface area (Å²) in [6.07, 6.45) is 15.1. The van der Waals surface area contributed by atoms with Crippen LogP contribution in [0.2, 0.25) is 0 Å². The average Bonchev–Trinajstić information content (AvgIpc) is 2.74. The van der Waals surface area contributed by atoms with Gasteiger partial charge in [-0.2, -0.15) is 0 Å². The van der Waals surface area contributed by atoms with Gasteiger partial charge in [-0.3, -0.25) is 0 Å². The second kappa shape index (κ2) is 10.4. The highest BCUT2D eigenvalue weighted by Crippen LogP contribution is 2.42. The number of benzene rings is 1. The largest absolute Gasteiger partial charge is 0.203 e. The van der Waals surface area contributed by atoms with Crippen LogP contribution in [0.5, 0.6) is 0 Å². The summed E-state index contributed by atoms with van der Waals surface area (Å²) in [7, 11) is 0. The number of rotatable bonds is 5. The Morgan fingerprint density at radius 2 is 1.50 bits per heavy atom. The molecule has 2 fully saturated rings. The Bertz CT molecular complexity index is 680. The quantitative estimate of drug-likeness (QED) is 0.455. The Kier molecular flexibility index (Phi) is 7.95. The first-order valence-electron chi connectivity index (χ1n) is 11.6. The molecule has 2 aliphatic carbocycles. The molecular weight excluding hydrogens is 350 g/mol. The second-order valence-corrected chi connectivity index (χ2v) is 9.06. The Hall–Kier alpha value is -1.36. The van der Waals surface area contributed by atoms with Crippen LogP contribution in [-0.4, -0.2) is 0 Å². The molecule has 154 valence electrons. The van der Waals surface area contributed by atoms with Gasteiger partial charge in [0.25, 0.3) is 0 Å². The van der Waals surface area contributed by atoms with Crippen LogP contribution in [0.1, 0.15) is 95.6 Å². The van der Waals surface area contributed by atoms with Gasteiger partial charge >= 0.3 is 0 Å². The van der Waals surface area contributed by atoms with E-state index in [1.807, 2.05) is 6.92 Å². The molecule has 0 heterocycles. The van der Waals surface area contributed by atoms with Crippen LogP contribution in [0.15, 0.2) is 12.1 Å². The lowest BCUT2D eigenvalue weighted by atomic mass is 9.69. The molecule has 0 atom stereocenters. The van der Waals surface area contributed by atoms with Gasteiger partial charge in [-0.25, -0.2) is 8.78 Å². The van der Waals surface area contributed by atoms with Crippen molar-refractivity contribution in [2.75, 3.05) is 0 Å². The van der Waals surface area contributed by atoms with Crippen LogP contribution in [0, 0.1) is 47.1 Å². The third kappa shape index (κ3) is 5.37. The molecule has 0 bridgehead atoms. The van der Waals surface area contributed by atoms with E-state index < -0.39 is 11.6 Å². The van der Waals surface area contributed by atoms with E-state index in [0.717, 1.165) is 30.6 Å². The number of unbranched alkanes of at least 4 members (excludes halogenated alkanes) is 1. The van der Waals surface area contributed by atoms with E-state index in [2.05, 4.69) is 18.8 Å². The summed E-state index contributed by atoms with van der Waals surface area (Å²) in [5.74, 6) is 7.76. The fraction of sp³-hybridized carbons (Fsp3) is 0.692. The van der Waals surface area contributed by atoms with Gasteiger partial charge in [0.1, 0.15) is 0 Å². The topological polar surface area (TPSA) is 0 Å². The van der Waals surface area contributed by atoms with E-state index in [9.17, 15) is 8.78 Å². The minimum absolute atomic E-state index is 0.210. The van der Waals surface area contributed by atoms with E-state index in [1.165, 1.54) is 57.8 Å². The molecule has 0 saturated heterocycles. The van der Waals surface area contributed by atoms with Crippen molar-refractivity contribution >= 4 is 0 Å². The first kappa shape index (κ1) is 21.4. The van der Waals surface area contributed by atoms with E-state index >= 15 is 0 Å². The van der Waals surface area contributed by atoms with Gasteiger partial charge in [0, 0.05) is 5.92 Å². The summed E-state index contributed by atoms with van der Waals surface area (Å²) in [6, 6.07) is 3.29. The number of hydrogen-bond donors (Lipinski definition) is 0. The zero-order valence-electron chi connectivity index (χ0n) is 17.7. The molecular formula is C26H36F2. The zero-order valence-corrected chi connectivity index (χ0v) is 17.7. The third-order valence-corrected chi connectivity index (χ3v) is 7.25. The average molecular weight is 387 g/mol. The Balaban J connectivity index is 1.48. The highest BCUT2D eigenvalue weighted by atomic mass is 19.2. The van der Waals surface area contributed by atoms with Gasteiger partial charge in [-0.15, -0.1) is 0 Å². The molecule has 2 heteroatoms. The van der Waals surface area contributed by atoms with E-state index in [0.29, 0.717) is 17.9 Å². The van der Waals surface area contributed by atoms with Crippen molar-refractivity contribution in [2.45, 2.75) is 90.9 Å². The summed E-state index contributed by atoms with van der Waals surface area (Å²) >= 11 is 0. The fourth-order valence-electron chi connectivity index (χ4n) is 5.31. The smallest absolute Gasteiger partial charge is 0.174 e. The van der Waals surface area contributed by atoms with E-state index in [1.54, 1.807) is 12.1 Å². The molecule has 28 heavy (non-hydrogen) atoms. The van der Waals surface area contributed by atoms with Crippen LogP contribution in [0.4, 0.5) is 8.78 Å². The molecule has 0 radical (unpaired) electrons. The van der Waals surface area contributed by atoms with Crippen LogP contribution in [0.3, 0.4) is 0 Å². The van der Waals surface area contributed by atoms with Crippen molar-refractivity contribution in [2.24, 2.45) is 23.7 Å². The molecule has 3 rings (SSSR count). The summed E-state index contributed by atoms with van der Waals surface area (Å²) in [4.78, 5) is 0. The van der Waals surface area contributed by atoms with Crippen LogP contribution in [0.25, 0.3) is 0 Å². The SMILES string of the molecule is CCCCC1CCC(C2CCC(C#Cc3ccc(CC)c(F)c3F)CC2)CC1. The molecule has 2 aliphatic rings. The number of aryl methyl sites for hydroxylation is 1. The normalized spacial score (nSPS) is 27.9. The van der Waals surface area contributed by atoms with Crippen LogP contribution < -0.4 is 0 Å². The van der Waals surface area contributed by atoms with Gasteiger partial charge in [0.2, 0.25) is 0 Å². The lowest BCUT2D eigenvalue weighted by Crippen LogP contribution is -2.25. The number of hydrogen-bond acceptors (Lipinski definition) is 0. The molecule has 0 amide bonds. The van der Waals surface area contributed by atoms with Gasteiger partial charge in [0.15, 0.2) is 11.6 Å². The third-order valence-electron chi connectivity index (χ3n) is 7.25. The highest BCUT2D eigenvalue weighted by Gasteiger charge is 2.30. The van der Waals surface area contributed by atoms with E-state index in [4.69, 9.17) is 0 Å². The first-order chi connectivity index (χ1) is 13.6. The monoisotopic (exact) mass is 386 g/mol. The zero-order chi connectivity index (χ0) is 19.9. The molecule has 0 unspecified atom stereocenters. The van der Waals surface area contributed by atoms with Gasteiger partial charge < -0.3 is 0 Å². The van der Waals surface area contributed by atoms with Crippen molar-refractivity contribution < 1.29 is 8.78 Å². The lowest BCUT2D eigenvalue weighted by Gasteiger charge is -2.37. The minimum Gasteiger partial charge on any atom is -0.203 e. The maximum Gasteiger partial charge on any atom is 0.174 e. The molecule has 0 spiro atoms. The van der Waals surface area contributed by atoms with Crippen LogP contribution in [-0.2, 0) is 6.42 Å². The molecule has 1 aromatic carbocycles. The molecule has 0 aromatic heterocycles. The molecule has 2 saturated carbocycles. The highest BCUT2D eigenvalue weighted by molar-refractivity contribution is 5.39. The molecule has 0 nitrogen and oxygen atoms in total. The van der Waals surface area contributed by atoms with Crippen molar-refractivity contribution in [1.29, 1.82) is 0 Å². The molecule has 1 aromatic rings. The number of halogens is 2. The van der Waals surface area contributed by atoms with Gasteiger partial charge in [0.05, 0.1) is 5.56 Å². The Morgan fingerprint density at radius 1 is 0.857 bits per heavy atom. The summed E-state index contributed by atoms with van der Waals surface area (Å²) in [5, 5.41) is 0. The minimum atomic E-state index is -0.777. The van der Waals surface area contributed by atoms with Crippen molar-refractivity contribution in [3.63, 3.8) is 0 Å². The predicted octanol–water partition coefficient (Wildman–Crippen LogP) is 7.68. The van der Waals surface area contributed by atoms with Gasteiger partial charge in [-0.1, -0.05) is 63.9 Å². The van der Waals surface area contributed by atoms with Crippen LogP contribution >= 0.6 is 0 Å². The van der Waals surface area contributed by atoms with Crippen molar-refractivity contribution in [3.05, 3.63) is 34.9 Å². The standard InChI is InChI=1S/C26H36F2/c1-3-5-6-19-7-12-22(13-8-19)23-14-9-20(10-15-23)11-16-24-18-17-21(4-2)25(27)26(24)28/h17-20,22-23H,3-10,12-15H2,1-2H3. The van der Waals surface area contributed by atoms with Crippen molar-refractivity contribution in [3.8, 4) is 11.8 Å². The molecule has 0 aliphatic heterocycles. The molecule has 0 N–H and O–H groups in total. The lowest BCUT2D eigenvalue weighted by molar-refractivity contribution is 0.153.